The van der Waals surface area contributed by atoms with Gasteiger partial charge in [-0.3, -0.25) is 4.98 Å². The summed E-state index contributed by atoms with van der Waals surface area (Å²) in [4.78, 5) is 7.33. The number of nitrogens with one attached hydrogen (secondary N) is 2. The molecule has 0 atom stereocenters. The van der Waals surface area contributed by atoms with Crippen molar-refractivity contribution in [1.82, 2.24) is 15.3 Å². The Kier molecular flexibility index (Phi) is 3.07. The average molecular weight is 237 g/mol. The van der Waals surface area contributed by atoms with Gasteiger partial charge in [0.1, 0.15) is 0 Å². The zero-order valence-electron chi connectivity index (χ0n) is 10.1. The van der Waals surface area contributed by atoms with Crippen LogP contribution in [0.2, 0.25) is 0 Å². The van der Waals surface area contributed by atoms with Crippen molar-refractivity contribution in [3.8, 4) is 0 Å². The highest BCUT2D eigenvalue weighted by Crippen LogP contribution is 2.14. The SMILES string of the molecule is c1cncc(CNCc2ccc3cc[nH]c3c2)c1. The van der Waals surface area contributed by atoms with Gasteiger partial charge in [0.25, 0.3) is 0 Å². The molecule has 0 fully saturated rings. The molecule has 2 heterocycles. The van der Waals surface area contributed by atoms with E-state index in [1.165, 1.54) is 22.0 Å². The minimum absolute atomic E-state index is 0.844. The molecule has 0 saturated carbocycles. The molecule has 0 unspecified atom stereocenters. The minimum Gasteiger partial charge on any atom is -0.361 e. The lowest BCUT2D eigenvalue weighted by atomic mass is 10.1. The first-order chi connectivity index (χ1) is 8.92. The van der Waals surface area contributed by atoms with Crippen molar-refractivity contribution < 1.29 is 0 Å². The van der Waals surface area contributed by atoms with Gasteiger partial charge in [-0.15, -0.1) is 0 Å². The van der Waals surface area contributed by atoms with E-state index < -0.39 is 0 Å². The van der Waals surface area contributed by atoms with Crippen LogP contribution in [0.4, 0.5) is 0 Å². The summed E-state index contributed by atoms with van der Waals surface area (Å²) in [5.74, 6) is 0. The van der Waals surface area contributed by atoms with E-state index in [2.05, 4.69) is 45.6 Å². The smallest absolute Gasteiger partial charge is 0.0457 e. The van der Waals surface area contributed by atoms with Crippen LogP contribution < -0.4 is 5.32 Å². The molecule has 0 radical (unpaired) electrons. The zero-order chi connectivity index (χ0) is 12.2. The van der Waals surface area contributed by atoms with Crippen LogP contribution in [0.25, 0.3) is 10.9 Å². The predicted octanol–water partition coefficient (Wildman–Crippen LogP) is 2.85. The number of pyridine rings is 1. The number of hydrogen-bond acceptors (Lipinski definition) is 2. The molecule has 0 amide bonds. The quantitative estimate of drug-likeness (QED) is 0.732. The standard InChI is InChI=1S/C15H15N3/c1-2-13(10-16-6-1)11-17-9-12-3-4-14-5-7-18-15(14)8-12/h1-8,10,17-18H,9,11H2. The molecule has 2 aromatic heterocycles. The number of aromatic amines is 1. The fourth-order valence-electron chi connectivity index (χ4n) is 2.06. The summed E-state index contributed by atoms with van der Waals surface area (Å²) in [6.07, 6.45) is 5.65. The van der Waals surface area contributed by atoms with E-state index in [4.69, 9.17) is 0 Å². The Labute approximate surface area is 106 Å². The maximum Gasteiger partial charge on any atom is 0.0457 e. The Morgan fingerprint density at radius 1 is 1.06 bits per heavy atom. The Hall–Kier alpha value is -2.13. The molecule has 3 nitrogen and oxygen atoms in total. The molecule has 0 spiro atoms. The van der Waals surface area contributed by atoms with Gasteiger partial charge in [0.15, 0.2) is 0 Å². The highest BCUT2D eigenvalue weighted by Gasteiger charge is 1.97. The highest BCUT2D eigenvalue weighted by molar-refractivity contribution is 5.79. The summed E-state index contributed by atoms with van der Waals surface area (Å²) in [5.41, 5.74) is 3.68. The van der Waals surface area contributed by atoms with Gasteiger partial charge in [0, 0.05) is 37.2 Å². The molecule has 2 N–H and O–H groups in total. The number of aromatic nitrogens is 2. The molecular formula is C15H15N3. The predicted molar refractivity (Wildman–Crippen MR) is 73.1 cm³/mol. The molecule has 0 bridgehead atoms. The van der Waals surface area contributed by atoms with Crippen molar-refractivity contribution in [2.75, 3.05) is 0 Å². The van der Waals surface area contributed by atoms with Crippen LogP contribution in [-0.2, 0) is 13.1 Å². The lowest BCUT2D eigenvalue weighted by Gasteiger charge is -2.05. The molecule has 0 aliphatic heterocycles. The van der Waals surface area contributed by atoms with E-state index in [9.17, 15) is 0 Å². The van der Waals surface area contributed by atoms with Crippen molar-refractivity contribution in [2.24, 2.45) is 0 Å². The van der Waals surface area contributed by atoms with Gasteiger partial charge < -0.3 is 10.3 Å². The number of nitrogens with zero attached hydrogens (tertiary/aromatic N) is 1. The van der Waals surface area contributed by atoms with Crippen LogP contribution in [0.15, 0.2) is 55.0 Å². The Balaban J connectivity index is 1.62. The van der Waals surface area contributed by atoms with Crippen molar-refractivity contribution in [3.63, 3.8) is 0 Å². The summed E-state index contributed by atoms with van der Waals surface area (Å²) in [6.45, 7) is 1.71. The summed E-state index contributed by atoms with van der Waals surface area (Å²) >= 11 is 0. The average Bonchev–Trinajstić information content (AvgIpc) is 2.87. The number of hydrogen-bond donors (Lipinski definition) is 2. The zero-order valence-corrected chi connectivity index (χ0v) is 10.1. The topological polar surface area (TPSA) is 40.7 Å². The normalized spacial score (nSPS) is 10.9. The van der Waals surface area contributed by atoms with E-state index in [1.807, 2.05) is 18.5 Å². The minimum atomic E-state index is 0.844. The summed E-state index contributed by atoms with van der Waals surface area (Å²) < 4.78 is 0. The van der Waals surface area contributed by atoms with Gasteiger partial charge in [-0.05, 0) is 34.7 Å². The molecule has 90 valence electrons. The summed E-state index contributed by atoms with van der Waals surface area (Å²) in [6, 6.07) is 12.6. The van der Waals surface area contributed by atoms with Gasteiger partial charge >= 0.3 is 0 Å². The highest BCUT2D eigenvalue weighted by atomic mass is 14.8. The second-order valence-electron chi connectivity index (χ2n) is 4.36. The first-order valence-electron chi connectivity index (χ1n) is 6.07. The van der Waals surface area contributed by atoms with Gasteiger partial charge in [0.2, 0.25) is 0 Å². The van der Waals surface area contributed by atoms with Crippen LogP contribution in [0.1, 0.15) is 11.1 Å². The van der Waals surface area contributed by atoms with E-state index >= 15 is 0 Å². The van der Waals surface area contributed by atoms with Gasteiger partial charge in [-0.1, -0.05) is 18.2 Å². The fourth-order valence-corrected chi connectivity index (χ4v) is 2.06. The molecule has 0 saturated heterocycles. The third-order valence-corrected chi connectivity index (χ3v) is 3.00. The Morgan fingerprint density at radius 3 is 2.89 bits per heavy atom. The lowest BCUT2D eigenvalue weighted by molar-refractivity contribution is 0.692. The van der Waals surface area contributed by atoms with Crippen molar-refractivity contribution >= 4 is 10.9 Å². The van der Waals surface area contributed by atoms with Crippen LogP contribution >= 0.6 is 0 Å². The summed E-state index contributed by atoms with van der Waals surface area (Å²) in [7, 11) is 0. The fraction of sp³-hybridized carbons (Fsp3) is 0.133. The number of H-pyrrole nitrogens is 1. The molecular weight excluding hydrogens is 222 g/mol. The van der Waals surface area contributed by atoms with Crippen LogP contribution in [-0.4, -0.2) is 9.97 Å². The van der Waals surface area contributed by atoms with Gasteiger partial charge in [-0.2, -0.15) is 0 Å². The number of fused-ring (bicyclic) bond motifs is 1. The Morgan fingerprint density at radius 2 is 2.00 bits per heavy atom. The molecule has 1 aromatic carbocycles. The molecule has 3 aromatic rings. The molecule has 0 aliphatic carbocycles. The molecule has 3 rings (SSSR count). The van der Waals surface area contributed by atoms with Crippen molar-refractivity contribution in [2.45, 2.75) is 13.1 Å². The monoisotopic (exact) mass is 237 g/mol. The summed E-state index contributed by atoms with van der Waals surface area (Å²) in [5, 5.41) is 4.68. The first-order valence-corrected chi connectivity index (χ1v) is 6.07. The van der Waals surface area contributed by atoms with E-state index in [0.717, 1.165) is 13.1 Å². The maximum absolute atomic E-state index is 4.10. The third kappa shape index (κ3) is 2.41. The Bertz CT molecular complexity index is 628. The molecule has 3 heteroatoms. The third-order valence-electron chi connectivity index (χ3n) is 3.00. The second-order valence-corrected chi connectivity index (χ2v) is 4.36. The van der Waals surface area contributed by atoms with Gasteiger partial charge in [0.05, 0.1) is 0 Å². The lowest BCUT2D eigenvalue weighted by Crippen LogP contribution is -2.12. The molecule has 18 heavy (non-hydrogen) atoms. The van der Waals surface area contributed by atoms with Crippen LogP contribution in [0, 0.1) is 0 Å². The maximum atomic E-state index is 4.10. The van der Waals surface area contributed by atoms with E-state index in [0.29, 0.717) is 0 Å². The van der Waals surface area contributed by atoms with Crippen molar-refractivity contribution in [3.05, 3.63) is 66.1 Å². The second kappa shape index (κ2) is 5.02. The number of benzene rings is 1. The largest absolute Gasteiger partial charge is 0.361 e. The van der Waals surface area contributed by atoms with Crippen molar-refractivity contribution in [1.29, 1.82) is 0 Å². The van der Waals surface area contributed by atoms with Crippen LogP contribution in [0.3, 0.4) is 0 Å². The van der Waals surface area contributed by atoms with E-state index in [-0.39, 0.29) is 0 Å². The number of rotatable bonds is 4. The first kappa shape index (κ1) is 11.0. The molecule has 0 aliphatic rings. The van der Waals surface area contributed by atoms with Crippen LogP contribution in [0.5, 0.6) is 0 Å². The van der Waals surface area contributed by atoms with E-state index in [1.54, 1.807) is 6.20 Å². The van der Waals surface area contributed by atoms with Gasteiger partial charge in [-0.25, -0.2) is 0 Å².